The van der Waals surface area contributed by atoms with Crippen LogP contribution in [-0.4, -0.2) is 22.2 Å². The van der Waals surface area contributed by atoms with E-state index < -0.39 is 4.92 Å². The Morgan fingerprint density at radius 2 is 2.17 bits per heavy atom. The van der Waals surface area contributed by atoms with Crippen molar-refractivity contribution in [1.29, 1.82) is 0 Å². The second-order valence-electron chi connectivity index (χ2n) is 4.28. The summed E-state index contributed by atoms with van der Waals surface area (Å²) in [5, 5.41) is 13.3. The van der Waals surface area contributed by atoms with Crippen LogP contribution in [0.25, 0.3) is 0 Å². The number of nitrogens with zero attached hydrogens (tertiary/aromatic N) is 1. The fourth-order valence-electron chi connectivity index (χ4n) is 1.29. The lowest BCUT2D eigenvalue weighted by atomic mass is 10.1. The fourth-order valence-corrected chi connectivity index (χ4v) is 1.45. The van der Waals surface area contributed by atoms with Gasteiger partial charge >= 0.3 is 0 Å². The van der Waals surface area contributed by atoms with E-state index in [4.69, 9.17) is 0 Å². The summed E-state index contributed by atoms with van der Waals surface area (Å²) >= 11 is 3.46. The molecule has 0 spiro atoms. The molecule has 0 aliphatic rings. The molecule has 1 amide bonds. The van der Waals surface area contributed by atoms with Gasteiger partial charge in [-0.15, -0.1) is 0 Å². The van der Waals surface area contributed by atoms with Crippen molar-refractivity contribution in [2.24, 2.45) is 5.92 Å². The molecule has 1 atom stereocenters. The number of hydrogen-bond acceptors (Lipinski definition) is 3. The standard InChI is InChI=1S/C12H15BrN2O3/c1-8(2)11(13)7-14-12(16)9-4-3-5-10(6-9)15(17)18/h3-6,8,11H,7H2,1-2H3,(H,14,16). The predicted molar refractivity (Wildman–Crippen MR) is 73.0 cm³/mol. The molecule has 98 valence electrons. The van der Waals surface area contributed by atoms with Gasteiger partial charge in [0.2, 0.25) is 0 Å². The van der Waals surface area contributed by atoms with Crippen molar-refractivity contribution in [2.45, 2.75) is 18.7 Å². The van der Waals surface area contributed by atoms with Crippen LogP contribution in [0.15, 0.2) is 24.3 Å². The zero-order valence-corrected chi connectivity index (χ0v) is 11.8. The van der Waals surface area contributed by atoms with Crippen LogP contribution in [0.1, 0.15) is 24.2 Å². The van der Waals surface area contributed by atoms with Gasteiger partial charge in [-0.2, -0.15) is 0 Å². The van der Waals surface area contributed by atoms with E-state index in [0.717, 1.165) is 0 Å². The first-order valence-electron chi connectivity index (χ1n) is 5.58. The molecule has 6 heteroatoms. The number of nitrogens with one attached hydrogen (secondary N) is 1. The van der Waals surface area contributed by atoms with Crippen LogP contribution in [0.3, 0.4) is 0 Å². The SMILES string of the molecule is CC(C)C(Br)CNC(=O)c1cccc([N+](=O)[O-])c1. The molecule has 0 saturated heterocycles. The third-order valence-corrected chi connectivity index (χ3v) is 3.88. The van der Waals surface area contributed by atoms with Gasteiger partial charge in [0.1, 0.15) is 0 Å². The minimum absolute atomic E-state index is 0.0816. The average Bonchev–Trinajstić information content (AvgIpc) is 2.35. The van der Waals surface area contributed by atoms with Crippen molar-refractivity contribution in [3.05, 3.63) is 39.9 Å². The third-order valence-electron chi connectivity index (χ3n) is 2.50. The van der Waals surface area contributed by atoms with E-state index in [0.29, 0.717) is 18.0 Å². The second kappa shape index (κ2) is 6.49. The van der Waals surface area contributed by atoms with Crippen LogP contribution in [-0.2, 0) is 0 Å². The first kappa shape index (κ1) is 14.6. The Morgan fingerprint density at radius 1 is 1.50 bits per heavy atom. The maximum Gasteiger partial charge on any atom is 0.270 e. The van der Waals surface area contributed by atoms with Crippen molar-refractivity contribution in [3.8, 4) is 0 Å². The summed E-state index contributed by atoms with van der Waals surface area (Å²) in [6.07, 6.45) is 0. The number of amides is 1. The Labute approximate surface area is 114 Å². The van der Waals surface area contributed by atoms with Gasteiger partial charge in [0.25, 0.3) is 11.6 Å². The maximum absolute atomic E-state index is 11.8. The summed E-state index contributed by atoms with van der Waals surface area (Å²) in [5.41, 5.74) is 0.217. The molecule has 0 bridgehead atoms. The molecule has 0 radical (unpaired) electrons. The van der Waals surface area contributed by atoms with E-state index in [-0.39, 0.29) is 16.4 Å². The van der Waals surface area contributed by atoms with E-state index in [9.17, 15) is 14.9 Å². The number of carbonyl (C=O) groups is 1. The number of hydrogen-bond donors (Lipinski definition) is 1. The van der Waals surface area contributed by atoms with Gasteiger partial charge in [-0.3, -0.25) is 14.9 Å². The molecule has 0 fully saturated rings. The van der Waals surface area contributed by atoms with E-state index in [1.807, 2.05) is 13.8 Å². The van der Waals surface area contributed by atoms with E-state index in [1.165, 1.54) is 18.2 Å². The quantitative estimate of drug-likeness (QED) is 0.516. The Hall–Kier alpha value is -1.43. The van der Waals surface area contributed by atoms with Gasteiger partial charge in [-0.05, 0) is 12.0 Å². The van der Waals surface area contributed by atoms with Crippen LogP contribution in [0.2, 0.25) is 0 Å². The van der Waals surface area contributed by atoms with Crippen molar-refractivity contribution < 1.29 is 9.72 Å². The Bertz CT molecular complexity index is 449. The molecule has 1 unspecified atom stereocenters. The number of carbonyl (C=O) groups excluding carboxylic acids is 1. The largest absolute Gasteiger partial charge is 0.351 e. The zero-order chi connectivity index (χ0) is 13.7. The molecule has 5 nitrogen and oxygen atoms in total. The Kier molecular flexibility index (Phi) is 5.27. The molecule has 18 heavy (non-hydrogen) atoms. The summed E-state index contributed by atoms with van der Waals surface area (Å²) < 4.78 is 0. The highest BCUT2D eigenvalue weighted by Gasteiger charge is 2.14. The normalized spacial score (nSPS) is 12.2. The first-order valence-corrected chi connectivity index (χ1v) is 6.50. The number of halogens is 1. The summed E-state index contributed by atoms with van der Waals surface area (Å²) in [4.78, 5) is 22.1. The molecule has 0 aliphatic heterocycles. The highest BCUT2D eigenvalue weighted by molar-refractivity contribution is 9.09. The summed E-state index contributed by atoms with van der Waals surface area (Å²) in [5.74, 6) is 0.0965. The highest BCUT2D eigenvalue weighted by Crippen LogP contribution is 2.14. The zero-order valence-electron chi connectivity index (χ0n) is 10.2. The second-order valence-corrected chi connectivity index (χ2v) is 5.45. The molecular formula is C12H15BrN2O3. The van der Waals surface area contributed by atoms with Crippen molar-refractivity contribution in [1.82, 2.24) is 5.32 Å². The number of non-ortho nitro benzene ring substituents is 1. The third kappa shape index (κ3) is 4.10. The lowest BCUT2D eigenvalue weighted by Crippen LogP contribution is -2.31. The molecule has 0 saturated carbocycles. The molecule has 1 N–H and O–H groups in total. The summed E-state index contributed by atoms with van der Waals surface area (Å²) in [7, 11) is 0. The monoisotopic (exact) mass is 314 g/mol. The molecular weight excluding hydrogens is 300 g/mol. The van der Waals surface area contributed by atoms with Crippen molar-refractivity contribution >= 4 is 27.5 Å². The number of rotatable bonds is 5. The fraction of sp³-hybridized carbons (Fsp3) is 0.417. The van der Waals surface area contributed by atoms with Crippen LogP contribution in [0.5, 0.6) is 0 Å². The average molecular weight is 315 g/mol. The minimum Gasteiger partial charge on any atom is -0.351 e. The summed E-state index contributed by atoms with van der Waals surface area (Å²) in [6, 6.07) is 5.69. The van der Waals surface area contributed by atoms with E-state index in [2.05, 4.69) is 21.2 Å². The van der Waals surface area contributed by atoms with Crippen LogP contribution < -0.4 is 5.32 Å². The van der Waals surface area contributed by atoms with Gasteiger partial charge < -0.3 is 5.32 Å². The van der Waals surface area contributed by atoms with Crippen LogP contribution in [0, 0.1) is 16.0 Å². The van der Waals surface area contributed by atoms with Crippen molar-refractivity contribution in [2.75, 3.05) is 6.54 Å². The lowest BCUT2D eigenvalue weighted by Gasteiger charge is -2.14. The molecule has 1 aromatic carbocycles. The van der Waals surface area contributed by atoms with Gasteiger partial charge in [0.05, 0.1) is 4.92 Å². The number of nitro groups is 1. The number of alkyl halides is 1. The van der Waals surface area contributed by atoms with Gasteiger partial charge in [0.15, 0.2) is 0 Å². The minimum atomic E-state index is -0.516. The summed E-state index contributed by atoms with van der Waals surface area (Å²) in [6.45, 7) is 4.57. The first-order chi connectivity index (χ1) is 8.41. The van der Waals surface area contributed by atoms with Gasteiger partial charge in [-0.1, -0.05) is 35.8 Å². The predicted octanol–water partition coefficient (Wildman–Crippen LogP) is 2.74. The number of benzene rings is 1. The van der Waals surface area contributed by atoms with E-state index >= 15 is 0 Å². The van der Waals surface area contributed by atoms with Crippen molar-refractivity contribution in [3.63, 3.8) is 0 Å². The lowest BCUT2D eigenvalue weighted by molar-refractivity contribution is -0.384. The molecule has 1 rings (SSSR count). The molecule has 0 aliphatic carbocycles. The highest BCUT2D eigenvalue weighted by atomic mass is 79.9. The smallest absolute Gasteiger partial charge is 0.270 e. The Morgan fingerprint density at radius 3 is 2.72 bits per heavy atom. The van der Waals surface area contributed by atoms with Gasteiger partial charge in [-0.25, -0.2) is 0 Å². The molecule has 0 heterocycles. The molecule has 1 aromatic rings. The Balaban J connectivity index is 2.67. The van der Waals surface area contributed by atoms with Crippen LogP contribution in [0.4, 0.5) is 5.69 Å². The molecule has 0 aromatic heterocycles. The number of nitro benzene ring substituents is 1. The van der Waals surface area contributed by atoms with E-state index in [1.54, 1.807) is 6.07 Å². The topological polar surface area (TPSA) is 72.2 Å². The van der Waals surface area contributed by atoms with Crippen LogP contribution >= 0.6 is 15.9 Å². The maximum atomic E-state index is 11.8. The van der Waals surface area contributed by atoms with Gasteiger partial charge in [0, 0.05) is 29.1 Å².